The van der Waals surface area contributed by atoms with Crippen molar-refractivity contribution >= 4 is 26.0 Å². The molecule has 0 aromatic heterocycles. The van der Waals surface area contributed by atoms with Crippen molar-refractivity contribution in [2.75, 3.05) is 0 Å². The molecular formula is C7H6BrNaO3S. The number of rotatable bonds is 2. The Balaban J connectivity index is 0.00000144. The van der Waals surface area contributed by atoms with Crippen molar-refractivity contribution in [1.29, 1.82) is 0 Å². The summed E-state index contributed by atoms with van der Waals surface area (Å²) < 4.78 is 31.8. The topological polar surface area (TPSA) is 57.2 Å². The summed E-state index contributed by atoms with van der Waals surface area (Å²) in [6.45, 7) is 0. The molecule has 13 heavy (non-hydrogen) atoms. The molecule has 0 radical (unpaired) electrons. The van der Waals surface area contributed by atoms with E-state index in [2.05, 4.69) is 15.9 Å². The molecule has 0 saturated heterocycles. The summed E-state index contributed by atoms with van der Waals surface area (Å²) in [6, 6.07) is 6.58. The van der Waals surface area contributed by atoms with Crippen LogP contribution in [0, 0.1) is 0 Å². The fourth-order valence-electron chi connectivity index (χ4n) is 0.785. The van der Waals surface area contributed by atoms with Crippen molar-refractivity contribution in [1.82, 2.24) is 0 Å². The Bertz CT molecular complexity index is 360. The van der Waals surface area contributed by atoms with Gasteiger partial charge in [0.15, 0.2) is 0 Å². The van der Waals surface area contributed by atoms with E-state index in [1.54, 1.807) is 24.3 Å². The first kappa shape index (κ1) is 13.6. The van der Waals surface area contributed by atoms with Crippen LogP contribution in [0.25, 0.3) is 0 Å². The summed E-state index contributed by atoms with van der Waals surface area (Å²) >= 11 is 3.20. The molecule has 0 N–H and O–H groups in total. The number of hydrogen-bond donors (Lipinski definition) is 0. The molecular weight excluding hydrogens is 267 g/mol. The van der Waals surface area contributed by atoms with Gasteiger partial charge in [0, 0.05) is 4.47 Å². The zero-order chi connectivity index (χ0) is 9.19. The van der Waals surface area contributed by atoms with Gasteiger partial charge in [-0.15, -0.1) is 0 Å². The first-order valence-electron chi connectivity index (χ1n) is 3.15. The predicted molar refractivity (Wildman–Crippen MR) is 47.5 cm³/mol. The number of benzene rings is 1. The Kier molecular flexibility index (Phi) is 5.74. The van der Waals surface area contributed by atoms with Gasteiger partial charge in [-0.1, -0.05) is 28.1 Å². The largest absolute Gasteiger partial charge is 1.00 e. The van der Waals surface area contributed by atoms with Crippen LogP contribution in [0.3, 0.4) is 0 Å². The summed E-state index contributed by atoms with van der Waals surface area (Å²) in [5.41, 5.74) is 0.508. The van der Waals surface area contributed by atoms with Crippen LogP contribution < -0.4 is 29.6 Å². The molecule has 0 bridgehead atoms. The van der Waals surface area contributed by atoms with Crippen LogP contribution >= 0.6 is 15.9 Å². The van der Waals surface area contributed by atoms with Gasteiger partial charge in [-0.3, -0.25) is 0 Å². The molecule has 0 saturated carbocycles. The summed E-state index contributed by atoms with van der Waals surface area (Å²) in [5, 5.41) is 0. The van der Waals surface area contributed by atoms with E-state index in [0.717, 1.165) is 4.47 Å². The van der Waals surface area contributed by atoms with E-state index in [4.69, 9.17) is 0 Å². The molecule has 3 nitrogen and oxygen atoms in total. The second kappa shape index (κ2) is 5.48. The maximum Gasteiger partial charge on any atom is 1.00 e. The van der Waals surface area contributed by atoms with E-state index in [-0.39, 0.29) is 29.6 Å². The normalized spacial score (nSPS) is 10.6. The SMILES string of the molecule is O=S(=O)([O-])Cc1ccc(Br)cc1.[Na+]. The van der Waals surface area contributed by atoms with Gasteiger partial charge in [0.2, 0.25) is 0 Å². The summed E-state index contributed by atoms with van der Waals surface area (Å²) in [7, 11) is -4.16. The third-order valence-electron chi connectivity index (χ3n) is 1.26. The van der Waals surface area contributed by atoms with Gasteiger partial charge >= 0.3 is 29.6 Å². The van der Waals surface area contributed by atoms with Crippen molar-refractivity contribution in [3.05, 3.63) is 34.3 Å². The van der Waals surface area contributed by atoms with E-state index >= 15 is 0 Å². The van der Waals surface area contributed by atoms with Crippen LogP contribution in [0.2, 0.25) is 0 Å². The van der Waals surface area contributed by atoms with Gasteiger partial charge < -0.3 is 4.55 Å². The first-order valence-corrected chi connectivity index (χ1v) is 5.52. The van der Waals surface area contributed by atoms with Gasteiger partial charge in [-0.25, -0.2) is 8.42 Å². The van der Waals surface area contributed by atoms with E-state index in [1.807, 2.05) is 0 Å². The Labute approximate surface area is 108 Å². The molecule has 1 aromatic carbocycles. The molecule has 6 heteroatoms. The third kappa shape index (κ3) is 5.83. The van der Waals surface area contributed by atoms with Crippen molar-refractivity contribution in [2.45, 2.75) is 5.75 Å². The third-order valence-corrected chi connectivity index (χ3v) is 2.47. The molecule has 0 unspecified atom stereocenters. The van der Waals surface area contributed by atoms with Gasteiger partial charge in [-0.05, 0) is 17.7 Å². The molecule has 0 aliphatic carbocycles. The molecule has 0 fully saturated rings. The molecule has 0 spiro atoms. The van der Waals surface area contributed by atoms with Gasteiger partial charge in [0.25, 0.3) is 0 Å². The minimum absolute atomic E-state index is 0. The Morgan fingerprint density at radius 1 is 1.23 bits per heavy atom. The second-order valence-electron chi connectivity index (χ2n) is 2.33. The fourth-order valence-corrected chi connectivity index (χ4v) is 1.65. The van der Waals surface area contributed by atoms with E-state index in [9.17, 15) is 13.0 Å². The van der Waals surface area contributed by atoms with Crippen LogP contribution in [0.5, 0.6) is 0 Å². The Hall–Kier alpha value is 0.610. The first-order chi connectivity index (χ1) is 5.47. The summed E-state index contributed by atoms with van der Waals surface area (Å²) in [6.07, 6.45) is 0. The average molecular weight is 273 g/mol. The van der Waals surface area contributed by atoms with Gasteiger partial charge in [0.05, 0.1) is 15.9 Å². The van der Waals surface area contributed by atoms with E-state index in [0.29, 0.717) is 5.56 Å². The number of hydrogen-bond acceptors (Lipinski definition) is 3. The van der Waals surface area contributed by atoms with E-state index in [1.165, 1.54) is 0 Å². The van der Waals surface area contributed by atoms with E-state index < -0.39 is 15.9 Å². The average Bonchev–Trinajstić information content (AvgIpc) is 1.91. The standard InChI is InChI=1S/C7H7BrO3S.Na/c8-7-3-1-6(2-4-7)5-12(9,10)11;/h1-4H,5H2,(H,9,10,11);/q;+1/p-1. The summed E-state index contributed by atoms with van der Waals surface area (Å²) in [4.78, 5) is 0. The minimum atomic E-state index is -4.16. The van der Waals surface area contributed by atoms with Crippen LogP contribution in [-0.2, 0) is 15.9 Å². The maximum absolute atomic E-state index is 10.3. The molecule has 66 valence electrons. The quantitative estimate of drug-likeness (QED) is 0.486. The molecule has 0 amide bonds. The van der Waals surface area contributed by atoms with Crippen molar-refractivity contribution in [2.24, 2.45) is 0 Å². The van der Waals surface area contributed by atoms with Gasteiger partial charge in [-0.2, -0.15) is 0 Å². The van der Waals surface area contributed by atoms with Crippen LogP contribution in [-0.4, -0.2) is 13.0 Å². The predicted octanol–water partition coefficient (Wildman–Crippen LogP) is -1.50. The maximum atomic E-state index is 10.3. The van der Waals surface area contributed by atoms with Crippen molar-refractivity contribution < 1.29 is 42.5 Å². The van der Waals surface area contributed by atoms with Crippen LogP contribution in [0.15, 0.2) is 28.7 Å². The molecule has 0 aliphatic heterocycles. The Morgan fingerprint density at radius 3 is 2.08 bits per heavy atom. The van der Waals surface area contributed by atoms with Crippen LogP contribution in [0.1, 0.15) is 5.56 Å². The van der Waals surface area contributed by atoms with Crippen molar-refractivity contribution in [3.8, 4) is 0 Å². The van der Waals surface area contributed by atoms with Crippen molar-refractivity contribution in [3.63, 3.8) is 0 Å². The van der Waals surface area contributed by atoms with Crippen LogP contribution in [0.4, 0.5) is 0 Å². The molecule has 0 atom stereocenters. The second-order valence-corrected chi connectivity index (χ2v) is 4.65. The Morgan fingerprint density at radius 2 is 1.69 bits per heavy atom. The minimum Gasteiger partial charge on any atom is -0.748 e. The molecule has 0 aliphatic rings. The fraction of sp³-hybridized carbons (Fsp3) is 0.143. The van der Waals surface area contributed by atoms with Gasteiger partial charge in [0.1, 0.15) is 0 Å². The number of halogens is 1. The molecule has 1 aromatic rings. The monoisotopic (exact) mass is 272 g/mol. The zero-order valence-electron chi connectivity index (χ0n) is 7.03. The smallest absolute Gasteiger partial charge is 0.748 e. The molecule has 0 heterocycles. The zero-order valence-corrected chi connectivity index (χ0v) is 11.4. The summed E-state index contributed by atoms with van der Waals surface area (Å²) in [5.74, 6) is -0.444. The molecule has 1 rings (SSSR count).